The molecule has 1 aliphatic heterocycles. The monoisotopic (exact) mass is 340 g/mol. The Morgan fingerprint density at radius 2 is 2.21 bits per heavy atom. The molecule has 0 N–H and O–H groups in total. The third-order valence-electron chi connectivity index (χ3n) is 3.10. The molecule has 0 radical (unpaired) electrons. The van der Waals surface area contributed by atoms with Crippen molar-refractivity contribution in [2.75, 3.05) is 6.54 Å². The van der Waals surface area contributed by atoms with Crippen LogP contribution in [-0.4, -0.2) is 22.3 Å². The van der Waals surface area contributed by atoms with Crippen molar-refractivity contribution in [3.05, 3.63) is 50.1 Å². The Hall–Kier alpha value is -1.27. The number of fused-ring (bicyclic) bond motifs is 1. The third kappa shape index (κ3) is 2.42. The zero-order valence-corrected chi connectivity index (χ0v) is 12.3. The van der Waals surface area contributed by atoms with Gasteiger partial charge < -0.3 is 4.90 Å². The molecule has 6 heteroatoms. The summed E-state index contributed by atoms with van der Waals surface area (Å²) in [6.07, 6.45) is 0.720. The summed E-state index contributed by atoms with van der Waals surface area (Å²) >= 11 is 4.88. The van der Waals surface area contributed by atoms with E-state index < -0.39 is 5.82 Å². The molecular weight excluding hydrogens is 331 g/mol. The fourth-order valence-electron chi connectivity index (χ4n) is 2.14. The van der Waals surface area contributed by atoms with Gasteiger partial charge in [-0.25, -0.2) is 9.37 Å². The van der Waals surface area contributed by atoms with E-state index in [9.17, 15) is 9.18 Å². The van der Waals surface area contributed by atoms with Gasteiger partial charge in [-0.1, -0.05) is 12.1 Å². The highest BCUT2D eigenvalue weighted by atomic mass is 79.9. The molecule has 1 aromatic carbocycles. The lowest BCUT2D eigenvalue weighted by Crippen LogP contribution is -2.35. The molecule has 0 spiro atoms. The largest absolute Gasteiger partial charge is 0.333 e. The number of hydrogen-bond acceptors (Lipinski definition) is 3. The minimum atomic E-state index is -0.469. The van der Waals surface area contributed by atoms with Gasteiger partial charge in [0.25, 0.3) is 5.91 Å². The van der Waals surface area contributed by atoms with E-state index in [1.54, 1.807) is 17.0 Å². The topological polar surface area (TPSA) is 33.2 Å². The van der Waals surface area contributed by atoms with Gasteiger partial charge in [0.05, 0.1) is 17.8 Å². The number of hydrogen-bond donors (Lipinski definition) is 0. The second-order valence-corrected chi connectivity index (χ2v) is 6.65. The number of rotatable bonds is 1. The summed E-state index contributed by atoms with van der Waals surface area (Å²) in [5, 5.41) is 0. The lowest BCUT2D eigenvalue weighted by Gasteiger charge is -2.26. The first-order valence-corrected chi connectivity index (χ1v) is 7.44. The molecule has 0 aliphatic carbocycles. The van der Waals surface area contributed by atoms with Crippen molar-refractivity contribution < 1.29 is 9.18 Å². The Balaban J connectivity index is 1.85. The van der Waals surface area contributed by atoms with E-state index in [1.807, 2.05) is 0 Å². The molecule has 0 saturated heterocycles. The van der Waals surface area contributed by atoms with Crippen molar-refractivity contribution >= 4 is 33.2 Å². The van der Waals surface area contributed by atoms with E-state index in [0.29, 0.717) is 13.1 Å². The van der Waals surface area contributed by atoms with Gasteiger partial charge in [0, 0.05) is 17.8 Å². The van der Waals surface area contributed by atoms with Gasteiger partial charge in [0.2, 0.25) is 0 Å². The van der Waals surface area contributed by atoms with Gasteiger partial charge in [-0.05, 0) is 28.1 Å². The van der Waals surface area contributed by atoms with E-state index in [1.165, 1.54) is 23.5 Å². The predicted octanol–water partition coefficient (Wildman–Crippen LogP) is 3.24. The number of benzene rings is 1. The highest BCUT2D eigenvalue weighted by Crippen LogP contribution is 2.29. The van der Waals surface area contributed by atoms with Gasteiger partial charge in [-0.15, -0.1) is 11.3 Å². The van der Waals surface area contributed by atoms with Crippen LogP contribution in [0.25, 0.3) is 0 Å². The third-order valence-corrected chi connectivity index (χ3v) is 4.63. The van der Waals surface area contributed by atoms with E-state index in [2.05, 4.69) is 20.9 Å². The van der Waals surface area contributed by atoms with Crippen LogP contribution in [0.1, 0.15) is 20.9 Å². The van der Waals surface area contributed by atoms with Gasteiger partial charge in [0.1, 0.15) is 5.82 Å². The number of thiazole rings is 1. The number of carbonyl (C=O) groups is 1. The normalized spacial score (nSPS) is 14.3. The number of amides is 1. The van der Waals surface area contributed by atoms with Crippen molar-refractivity contribution in [2.45, 2.75) is 13.0 Å². The van der Waals surface area contributed by atoms with Gasteiger partial charge in [-0.3, -0.25) is 4.79 Å². The SMILES string of the molecule is O=C(c1ccccc1F)N1CCc2nc(Br)sc2C1. The standard InChI is InChI=1S/C13H10BrFN2OS/c14-13-16-10-5-6-17(7-11(10)19-13)12(18)8-3-1-2-4-9(8)15/h1-4H,5-7H2. The summed E-state index contributed by atoms with van der Waals surface area (Å²) in [6.45, 7) is 1.09. The van der Waals surface area contributed by atoms with Crippen LogP contribution >= 0.6 is 27.3 Å². The molecule has 3 rings (SSSR count). The maximum atomic E-state index is 13.6. The number of halogens is 2. The minimum Gasteiger partial charge on any atom is -0.333 e. The molecule has 1 amide bonds. The number of nitrogens with zero attached hydrogens (tertiary/aromatic N) is 2. The van der Waals surface area contributed by atoms with Gasteiger partial charge in [-0.2, -0.15) is 0 Å². The van der Waals surface area contributed by atoms with Crippen LogP contribution in [0.2, 0.25) is 0 Å². The first-order valence-electron chi connectivity index (χ1n) is 5.83. The average Bonchev–Trinajstić information content (AvgIpc) is 2.77. The molecule has 1 aliphatic rings. The average molecular weight is 341 g/mol. The fourth-order valence-corrected chi connectivity index (χ4v) is 3.79. The Bertz CT molecular complexity index is 643. The minimum absolute atomic E-state index is 0.134. The smallest absolute Gasteiger partial charge is 0.257 e. The summed E-state index contributed by atoms with van der Waals surface area (Å²) in [7, 11) is 0. The highest BCUT2D eigenvalue weighted by molar-refractivity contribution is 9.11. The molecule has 2 aromatic rings. The number of aromatic nitrogens is 1. The van der Waals surface area contributed by atoms with Crippen LogP contribution in [0.3, 0.4) is 0 Å². The van der Waals surface area contributed by atoms with E-state index in [-0.39, 0.29) is 11.5 Å². The van der Waals surface area contributed by atoms with Crippen molar-refractivity contribution in [1.29, 1.82) is 0 Å². The summed E-state index contributed by atoms with van der Waals surface area (Å²) in [5.41, 5.74) is 1.17. The molecule has 1 aromatic heterocycles. The molecule has 0 unspecified atom stereocenters. The fraction of sp³-hybridized carbons (Fsp3) is 0.231. The molecule has 19 heavy (non-hydrogen) atoms. The van der Waals surface area contributed by atoms with Crippen molar-refractivity contribution in [1.82, 2.24) is 9.88 Å². The first-order chi connectivity index (χ1) is 9.15. The Morgan fingerprint density at radius 3 is 3.00 bits per heavy atom. The molecular formula is C13H10BrFN2OS. The molecule has 0 fully saturated rings. The van der Waals surface area contributed by atoms with Crippen molar-refractivity contribution in [2.24, 2.45) is 0 Å². The highest BCUT2D eigenvalue weighted by Gasteiger charge is 2.25. The molecule has 3 nitrogen and oxygen atoms in total. The molecule has 0 saturated carbocycles. The summed E-state index contributed by atoms with van der Waals surface area (Å²) in [5.74, 6) is -0.725. The quantitative estimate of drug-likeness (QED) is 0.798. The lowest BCUT2D eigenvalue weighted by atomic mass is 10.1. The maximum Gasteiger partial charge on any atom is 0.257 e. The molecule has 2 heterocycles. The molecule has 98 valence electrons. The van der Waals surface area contributed by atoms with E-state index in [4.69, 9.17) is 0 Å². The first kappa shape index (κ1) is 12.7. The summed E-state index contributed by atoms with van der Waals surface area (Å²) in [4.78, 5) is 19.4. The summed E-state index contributed by atoms with van der Waals surface area (Å²) < 4.78 is 14.5. The van der Waals surface area contributed by atoms with Crippen molar-refractivity contribution in [3.8, 4) is 0 Å². The second kappa shape index (κ2) is 5.02. The summed E-state index contributed by atoms with van der Waals surface area (Å²) in [6, 6.07) is 6.09. The Labute approximate surface area is 122 Å². The number of carbonyl (C=O) groups excluding carboxylic acids is 1. The van der Waals surface area contributed by atoms with Gasteiger partial charge in [0.15, 0.2) is 3.92 Å². The second-order valence-electron chi connectivity index (χ2n) is 4.29. The van der Waals surface area contributed by atoms with E-state index in [0.717, 1.165) is 20.9 Å². The van der Waals surface area contributed by atoms with E-state index >= 15 is 0 Å². The predicted molar refractivity (Wildman–Crippen MR) is 74.7 cm³/mol. The molecule has 0 bridgehead atoms. The Morgan fingerprint density at radius 1 is 1.42 bits per heavy atom. The van der Waals surface area contributed by atoms with Crippen LogP contribution in [0.4, 0.5) is 4.39 Å². The molecule has 0 atom stereocenters. The lowest BCUT2D eigenvalue weighted by molar-refractivity contribution is 0.0731. The zero-order valence-electron chi connectivity index (χ0n) is 9.90. The van der Waals surface area contributed by atoms with Crippen LogP contribution in [0.15, 0.2) is 28.2 Å². The van der Waals surface area contributed by atoms with Crippen LogP contribution in [0, 0.1) is 5.82 Å². The Kier molecular flexibility index (Phi) is 3.36. The maximum absolute atomic E-state index is 13.6. The van der Waals surface area contributed by atoms with Crippen LogP contribution in [0.5, 0.6) is 0 Å². The van der Waals surface area contributed by atoms with Crippen molar-refractivity contribution in [3.63, 3.8) is 0 Å². The zero-order chi connectivity index (χ0) is 13.4. The van der Waals surface area contributed by atoms with Crippen LogP contribution in [-0.2, 0) is 13.0 Å². The van der Waals surface area contributed by atoms with Crippen LogP contribution < -0.4 is 0 Å². The van der Waals surface area contributed by atoms with Gasteiger partial charge >= 0.3 is 0 Å².